The van der Waals surface area contributed by atoms with Crippen LogP contribution in [0.3, 0.4) is 0 Å². The summed E-state index contributed by atoms with van der Waals surface area (Å²) >= 11 is 0. The SMILES string of the molecule is N#CC1(c2ccccc2)CCC([NH2+]Cc2ccccc2)CC1. The molecule has 0 heterocycles. The molecule has 2 N–H and O–H groups in total. The van der Waals surface area contributed by atoms with Crippen LogP contribution in [0.4, 0.5) is 0 Å². The molecule has 0 spiro atoms. The van der Waals surface area contributed by atoms with Gasteiger partial charge in [-0.1, -0.05) is 60.7 Å². The molecular weight excluding hydrogens is 268 g/mol. The molecule has 0 bridgehead atoms. The van der Waals surface area contributed by atoms with Crippen molar-refractivity contribution in [3.05, 3.63) is 71.8 Å². The first kappa shape index (κ1) is 14.8. The van der Waals surface area contributed by atoms with Gasteiger partial charge in [0, 0.05) is 18.4 Å². The van der Waals surface area contributed by atoms with Crippen LogP contribution in [0.1, 0.15) is 36.8 Å². The molecule has 0 unspecified atom stereocenters. The van der Waals surface area contributed by atoms with Crippen molar-refractivity contribution >= 4 is 0 Å². The summed E-state index contributed by atoms with van der Waals surface area (Å²) in [6, 6.07) is 24.2. The molecule has 0 atom stereocenters. The van der Waals surface area contributed by atoms with Crippen LogP contribution < -0.4 is 5.32 Å². The molecule has 2 aromatic rings. The molecule has 2 heteroatoms. The molecule has 1 aliphatic carbocycles. The zero-order valence-electron chi connectivity index (χ0n) is 12.9. The lowest BCUT2D eigenvalue weighted by Crippen LogP contribution is -2.89. The maximum Gasteiger partial charge on any atom is 0.101 e. The van der Waals surface area contributed by atoms with Crippen LogP contribution in [0.15, 0.2) is 60.7 Å². The van der Waals surface area contributed by atoms with Gasteiger partial charge in [-0.05, 0) is 18.4 Å². The van der Waals surface area contributed by atoms with Crippen LogP contribution in [0.2, 0.25) is 0 Å². The molecule has 0 amide bonds. The monoisotopic (exact) mass is 291 g/mol. The van der Waals surface area contributed by atoms with Crippen LogP contribution in [-0.2, 0) is 12.0 Å². The number of nitrogens with zero attached hydrogens (tertiary/aromatic N) is 1. The van der Waals surface area contributed by atoms with E-state index in [1.807, 2.05) is 18.2 Å². The average molecular weight is 291 g/mol. The van der Waals surface area contributed by atoms with E-state index in [1.165, 1.54) is 11.1 Å². The van der Waals surface area contributed by atoms with E-state index in [4.69, 9.17) is 0 Å². The summed E-state index contributed by atoms with van der Waals surface area (Å²) in [5, 5.41) is 12.2. The predicted octanol–water partition coefficient (Wildman–Crippen LogP) is 3.15. The Morgan fingerprint density at radius 2 is 1.55 bits per heavy atom. The number of hydrogen-bond donors (Lipinski definition) is 1. The first-order chi connectivity index (χ1) is 10.8. The second-order valence-corrected chi connectivity index (χ2v) is 6.32. The van der Waals surface area contributed by atoms with E-state index in [9.17, 15) is 5.26 Å². The summed E-state index contributed by atoms with van der Waals surface area (Å²) in [5.41, 5.74) is 2.31. The Balaban J connectivity index is 1.59. The van der Waals surface area contributed by atoms with Crippen molar-refractivity contribution in [2.75, 3.05) is 0 Å². The molecule has 0 radical (unpaired) electrons. The van der Waals surface area contributed by atoms with E-state index >= 15 is 0 Å². The van der Waals surface area contributed by atoms with Crippen molar-refractivity contribution in [3.8, 4) is 6.07 Å². The van der Waals surface area contributed by atoms with Gasteiger partial charge < -0.3 is 5.32 Å². The normalized spacial score (nSPS) is 24.6. The van der Waals surface area contributed by atoms with Crippen molar-refractivity contribution in [3.63, 3.8) is 0 Å². The smallest absolute Gasteiger partial charge is 0.101 e. The van der Waals surface area contributed by atoms with Crippen LogP contribution in [0.5, 0.6) is 0 Å². The summed E-state index contributed by atoms with van der Waals surface area (Å²) in [6.07, 6.45) is 4.19. The fraction of sp³-hybridized carbons (Fsp3) is 0.350. The highest BCUT2D eigenvalue weighted by atomic mass is 14.9. The Labute approximate surface area is 132 Å². The number of nitrogens with two attached hydrogens (primary N) is 1. The highest BCUT2D eigenvalue weighted by molar-refractivity contribution is 5.32. The van der Waals surface area contributed by atoms with Crippen LogP contribution in [0, 0.1) is 11.3 Å². The molecule has 2 nitrogen and oxygen atoms in total. The van der Waals surface area contributed by atoms with Crippen molar-refractivity contribution in [1.29, 1.82) is 5.26 Å². The minimum Gasteiger partial charge on any atom is -0.340 e. The summed E-state index contributed by atoms with van der Waals surface area (Å²) in [7, 11) is 0. The van der Waals surface area contributed by atoms with Gasteiger partial charge in [0.25, 0.3) is 0 Å². The Hall–Kier alpha value is -2.11. The second-order valence-electron chi connectivity index (χ2n) is 6.32. The molecule has 2 aromatic carbocycles. The summed E-state index contributed by atoms with van der Waals surface area (Å²) in [5.74, 6) is 0. The lowest BCUT2D eigenvalue weighted by atomic mass is 9.69. The van der Waals surface area contributed by atoms with Gasteiger partial charge >= 0.3 is 0 Å². The van der Waals surface area contributed by atoms with E-state index in [0.29, 0.717) is 6.04 Å². The standard InChI is InChI=1S/C20H22N2/c21-16-20(18-9-5-2-6-10-18)13-11-19(12-14-20)22-15-17-7-3-1-4-8-17/h1-10,19,22H,11-15H2/p+1. The summed E-state index contributed by atoms with van der Waals surface area (Å²) in [4.78, 5) is 0. The molecular formula is C20H23N2+. The van der Waals surface area contributed by atoms with E-state index in [2.05, 4.69) is 53.9 Å². The fourth-order valence-electron chi connectivity index (χ4n) is 3.51. The maximum atomic E-state index is 9.73. The second kappa shape index (κ2) is 6.77. The molecule has 1 saturated carbocycles. The van der Waals surface area contributed by atoms with Gasteiger partial charge in [-0.3, -0.25) is 0 Å². The minimum absolute atomic E-state index is 0.266. The van der Waals surface area contributed by atoms with Crippen molar-refractivity contribution in [1.82, 2.24) is 0 Å². The van der Waals surface area contributed by atoms with Gasteiger partial charge in [-0.2, -0.15) is 5.26 Å². The molecule has 1 fully saturated rings. The third kappa shape index (κ3) is 3.21. The molecule has 112 valence electrons. The zero-order valence-corrected chi connectivity index (χ0v) is 12.9. The zero-order chi connectivity index (χ0) is 15.3. The lowest BCUT2D eigenvalue weighted by Gasteiger charge is -2.34. The summed E-state index contributed by atoms with van der Waals surface area (Å²) in [6.45, 7) is 1.04. The highest BCUT2D eigenvalue weighted by Crippen LogP contribution is 2.38. The summed E-state index contributed by atoms with van der Waals surface area (Å²) < 4.78 is 0. The molecule has 3 rings (SSSR count). The van der Waals surface area contributed by atoms with Crippen LogP contribution in [0.25, 0.3) is 0 Å². The maximum absolute atomic E-state index is 9.73. The van der Waals surface area contributed by atoms with Crippen molar-refractivity contribution in [2.45, 2.75) is 43.7 Å². The van der Waals surface area contributed by atoms with Gasteiger partial charge in [-0.15, -0.1) is 0 Å². The number of nitriles is 1. The topological polar surface area (TPSA) is 40.4 Å². The Morgan fingerprint density at radius 3 is 2.14 bits per heavy atom. The molecule has 1 aliphatic rings. The molecule has 0 saturated heterocycles. The van der Waals surface area contributed by atoms with E-state index in [-0.39, 0.29) is 5.41 Å². The first-order valence-electron chi connectivity index (χ1n) is 8.16. The Morgan fingerprint density at radius 1 is 0.955 bits per heavy atom. The number of hydrogen-bond acceptors (Lipinski definition) is 1. The average Bonchev–Trinajstić information content (AvgIpc) is 2.62. The molecule has 0 aliphatic heterocycles. The number of quaternary nitrogens is 1. The van der Waals surface area contributed by atoms with Gasteiger partial charge in [0.15, 0.2) is 0 Å². The van der Waals surface area contributed by atoms with Gasteiger partial charge in [0.05, 0.1) is 17.5 Å². The Kier molecular flexibility index (Phi) is 4.56. The third-order valence-corrected chi connectivity index (χ3v) is 4.95. The van der Waals surface area contributed by atoms with Crippen LogP contribution in [-0.4, -0.2) is 6.04 Å². The van der Waals surface area contributed by atoms with E-state index in [1.54, 1.807) is 0 Å². The quantitative estimate of drug-likeness (QED) is 0.923. The predicted molar refractivity (Wildman–Crippen MR) is 88.1 cm³/mol. The largest absolute Gasteiger partial charge is 0.340 e. The number of benzene rings is 2. The molecule has 22 heavy (non-hydrogen) atoms. The van der Waals surface area contributed by atoms with E-state index < -0.39 is 0 Å². The minimum atomic E-state index is -0.266. The molecule has 0 aromatic heterocycles. The third-order valence-electron chi connectivity index (χ3n) is 4.95. The van der Waals surface area contributed by atoms with Gasteiger partial charge in [-0.25, -0.2) is 0 Å². The lowest BCUT2D eigenvalue weighted by molar-refractivity contribution is -0.707. The van der Waals surface area contributed by atoms with E-state index in [0.717, 1.165) is 32.2 Å². The number of rotatable bonds is 4. The van der Waals surface area contributed by atoms with Crippen LogP contribution >= 0.6 is 0 Å². The van der Waals surface area contributed by atoms with Crippen molar-refractivity contribution < 1.29 is 5.32 Å². The first-order valence-corrected chi connectivity index (χ1v) is 8.16. The van der Waals surface area contributed by atoms with Crippen molar-refractivity contribution in [2.24, 2.45) is 0 Å². The van der Waals surface area contributed by atoms with Gasteiger partial charge in [0.1, 0.15) is 6.54 Å². The fourth-order valence-corrected chi connectivity index (χ4v) is 3.51. The Bertz CT molecular complexity index is 620. The highest BCUT2D eigenvalue weighted by Gasteiger charge is 2.38. The van der Waals surface area contributed by atoms with Gasteiger partial charge in [0.2, 0.25) is 0 Å².